The third kappa shape index (κ3) is 5.55. The quantitative estimate of drug-likeness (QED) is 0.462. The van der Waals surface area contributed by atoms with Crippen LogP contribution in [0.5, 0.6) is 5.75 Å². The van der Waals surface area contributed by atoms with E-state index in [0.29, 0.717) is 55.0 Å². The van der Waals surface area contributed by atoms with E-state index in [0.717, 1.165) is 0 Å². The summed E-state index contributed by atoms with van der Waals surface area (Å²) in [4.78, 5) is 38.5. The average molecular weight is 408 g/mol. The molecule has 2 amide bonds. The molecular weight excluding hydrogens is 384 g/mol. The van der Waals surface area contributed by atoms with Gasteiger partial charge in [-0.3, -0.25) is 19.6 Å². The zero-order valence-corrected chi connectivity index (χ0v) is 16.5. The molecule has 1 aliphatic rings. The van der Waals surface area contributed by atoms with Crippen molar-refractivity contribution in [2.24, 2.45) is 0 Å². The molecule has 0 fully saturated rings. The lowest BCUT2D eigenvalue weighted by atomic mass is 10.0. The van der Waals surface area contributed by atoms with E-state index < -0.39 is 5.91 Å². The standard InChI is InChI=1S/C23H24N2O5/c26-20-8-4-13-25(23(28)18-6-2-1-3-7-18)14-5-15-30-21-11-9-17(16-19(20)21)10-12-22(27)24-29/h1-3,6-7,9-12,16,29H,4-5,8,13-15H2,(H,24,27). The minimum Gasteiger partial charge on any atom is -0.493 e. The van der Waals surface area contributed by atoms with Crippen LogP contribution in [0.3, 0.4) is 0 Å². The van der Waals surface area contributed by atoms with Gasteiger partial charge < -0.3 is 9.64 Å². The average Bonchev–Trinajstić information content (AvgIpc) is 2.82. The van der Waals surface area contributed by atoms with E-state index >= 15 is 0 Å². The predicted molar refractivity (Wildman–Crippen MR) is 111 cm³/mol. The second kappa shape index (κ2) is 10.4. The van der Waals surface area contributed by atoms with Crippen molar-refractivity contribution in [1.82, 2.24) is 10.4 Å². The van der Waals surface area contributed by atoms with Crippen molar-refractivity contribution in [1.29, 1.82) is 0 Å². The highest BCUT2D eigenvalue weighted by Crippen LogP contribution is 2.24. The van der Waals surface area contributed by atoms with Crippen LogP contribution >= 0.6 is 0 Å². The summed E-state index contributed by atoms with van der Waals surface area (Å²) >= 11 is 0. The van der Waals surface area contributed by atoms with Gasteiger partial charge in [0.1, 0.15) is 5.75 Å². The number of fused-ring (bicyclic) bond motifs is 1. The van der Waals surface area contributed by atoms with Crippen molar-refractivity contribution in [2.45, 2.75) is 19.3 Å². The molecular formula is C23H24N2O5. The molecule has 1 aliphatic heterocycles. The Morgan fingerprint density at radius 3 is 2.60 bits per heavy atom. The number of hydrogen-bond acceptors (Lipinski definition) is 5. The lowest BCUT2D eigenvalue weighted by Crippen LogP contribution is -2.33. The molecule has 3 rings (SSSR count). The van der Waals surface area contributed by atoms with Crippen molar-refractivity contribution in [3.05, 3.63) is 71.3 Å². The van der Waals surface area contributed by atoms with Crippen LogP contribution < -0.4 is 10.2 Å². The third-order valence-electron chi connectivity index (χ3n) is 4.81. The first-order chi connectivity index (χ1) is 14.6. The van der Waals surface area contributed by atoms with Gasteiger partial charge in [-0.05, 0) is 48.7 Å². The first kappa shape index (κ1) is 21.3. The van der Waals surface area contributed by atoms with E-state index in [1.54, 1.807) is 35.2 Å². The Hall–Kier alpha value is -3.45. The molecule has 30 heavy (non-hydrogen) atoms. The highest BCUT2D eigenvalue weighted by molar-refractivity contribution is 6.00. The maximum atomic E-state index is 12.8. The summed E-state index contributed by atoms with van der Waals surface area (Å²) in [6.45, 7) is 1.42. The molecule has 0 radical (unpaired) electrons. The maximum Gasteiger partial charge on any atom is 0.267 e. The molecule has 0 spiro atoms. The van der Waals surface area contributed by atoms with Crippen molar-refractivity contribution >= 4 is 23.7 Å². The van der Waals surface area contributed by atoms with E-state index in [1.165, 1.54) is 17.6 Å². The number of Topliss-reactive ketones (excluding diaryl/α,β-unsaturated/α-hetero) is 1. The zero-order valence-electron chi connectivity index (χ0n) is 16.5. The summed E-state index contributed by atoms with van der Waals surface area (Å²) in [6, 6.07) is 14.2. The third-order valence-corrected chi connectivity index (χ3v) is 4.81. The molecule has 0 aromatic heterocycles. The number of hydroxylamine groups is 1. The number of carbonyl (C=O) groups excluding carboxylic acids is 3. The molecule has 7 heteroatoms. The summed E-state index contributed by atoms with van der Waals surface area (Å²) in [6.07, 6.45) is 4.14. The van der Waals surface area contributed by atoms with Crippen LogP contribution in [0.2, 0.25) is 0 Å². The van der Waals surface area contributed by atoms with Gasteiger partial charge in [-0.1, -0.05) is 24.3 Å². The Bertz CT molecular complexity index is 940. The molecule has 0 bridgehead atoms. The van der Waals surface area contributed by atoms with Gasteiger partial charge >= 0.3 is 0 Å². The number of ether oxygens (including phenoxy) is 1. The lowest BCUT2D eigenvalue weighted by molar-refractivity contribution is -0.124. The molecule has 0 atom stereocenters. The second-order valence-electron chi connectivity index (χ2n) is 6.95. The molecule has 0 aliphatic carbocycles. The smallest absolute Gasteiger partial charge is 0.267 e. The van der Waals surface area contributed by atoms with Gasteiger partial charge in [0.25, 0.3) is 11.8 Å². The van der Waals surface area contributed by atoms with Crippen LogP contribution in [0.1, 0.15) is 45.5 Å². The predicted octanol–water partition coefficient (Wildman–Crippen LogP) is 3.09. The molecule has 0 saturated carbocycles. The second-order valence-corrected chi connectivity index (χ2v) is 6.95. The maximum absolute atomic E-state index is 12.8. The van der Waals surface area contributed by atoms with Crippen LogP contribution in [0.15, 0.2) is 54.6 Å². The largest absolute Gasteiger partial charge is 0.493 e. The Morgan fingerprint density at radius 2 is 1.83 bits per heavy atom. The van der Waals surface area contributed by atoms with Gasteiger partial charge in [-0.2, -0.15) is 0 Å². The van der Waals surface area contributed by atoms with E-state index in [4.69, 9.17) is 9.94 Å². The number of amides is 2. The molecule has 156 valence electrons. The molecule has 2 aromatic rings. The Kier molecular flexibility index (Phi) is 7.34. The van der Waals surface area contributed by atoms with Gasteiger partial charge in [0.2, 0.25) is 0 Å². The van der Waals surface area contributed by atoms with Gasteiger partial charge in [0.05, 0.1) is 12.2 Å². The lowest BCUT2D eigenvalue weighted by Gasteiger charge is -2.22. The van der Waals surface area contributed by atoms with Gasteiger partial charge in [0, 0.05) is 31.1 Å². The Balaban J connectivity index is 1.74. The fraction of sp³-hybridized carbons (Fsp3) is 0.261. The van der Waals surface area contributed by atoms with Crippen molar-refractivity contribution < 1.29 is 24.3 Å². The highest BCUT2D eigenvalue weighted by Gasteiger charge is 2.19. The molecule has 2 N–H and O–H groups in total. The van der Waals surface area contributed by atoms with E-state index in [9.17, 15) is 14.4 Å². The summed E-state index contributed by atoms with van der Waals surface area (Å²) in [5, 5.41) is 8.58. The summed E-state index contributed by atoms with van der Waals surface area (Å²) in [7, 11) is 0. The number of hydrogen-bond donors (Lipinski definition) is 2. The van der Waals surface area contributed by atoms with Gasteiger partial charge in [0.15, 0.2) is 5.78 Å². The number of nitrogens with zero attached hydrogens (tertiary/aromatic N) is 1. The number of ketones is 1. The molecule has 0 unspecified atom stereocenters. The summed E-state index contributed by atoms with van der Waals surface area (Å²) in [5.74, 6) is -0.292. The van der Waals surface area contributed by atoms with Crippen LogP contribution in [-0.4, -0.2) is 47.4 Å². The SMILES string of the molecule is O=C(C=Cc1ccc2c(c1)C(=O)CCCN(C(=O)c1ccccc1)CCCO2)NO. The summed E-state index contributed by atoms with van der Waals surface area (Å²) in [5.41, 5.74) is 3.25. The van der Waals surface area contributed by atoms with Crippen molar-refractivity contribution in [2.75, 3.05) is 19.7 Å². The van der Waals surface area contributed by atoms with Gasteiger partial charge in [-0.25, -0.2) is 5.48 Å². The number of rotatable bonds is 3. The van der Waals surface area contributed by atoms with Crippen LogP contribution in [0, 0.1) is 0 Å². The van der Waals surface area contributed by atoms with E-state index in [1.807, 2.05) is 18.2 Å². The fourth-order valence-corrected chi connectivity index (χ4v) is 3.29. The summed E-state index contributed by atoms with van der Waals surface area (Å²) < 4.78 is 5.82. The van der Waals surface area contributed by atoms with E-state index in [-0.39, 0.29) is 18.1 Å². The molecule has 2 aromatic carbocycles. The minimum absolute atomic E-state index is 0.0469. The van der Waals surface area contributed by atoms with Crippen molar-refractivity contribution in [3.63, 3.8) is 0 Å². The minimum atomic E-state index is -0.655. The molecule has 7 nitrogen and oxygen atoms in total. The first-order valence-electron chi connectivity index (χ1n) is 9.85. The van der Waals surface area contributed by atoms with Crippen LogP contribution in [0.25, 0.3) is 6.08 Å². The highest BCUT2D eigenvalue weighted by atomic mass is 16.5. The van der Waals surface area contributed by atoms with Crippen LogP contribution in [-0.2, 0) is 4.79 Å². The van der Waals surface area contributed by atoms with E-state index in [2.05, 4.69) is 0 Å². The Labute approximate surface area is 174 Å². The fourth-order valence-electron chi connectivity index (χ4n) is 3.29. The zero-order chi connectivity index (χ0) is 21.3. The molecule has 1 heterocycles. The Morgan fingerprint density at radius 1 is 1.07 bits per heavy atom. The normalized spacial score (nSPS) is 15.1. The first-order valence-corrected chi connectivity index (χ1v) is 9.85. The number of nitrogens with one attached hydrogen (secondary N) is 1. The van der Waals surface area contributed by atoms with Gasteiger partial charge in [-0.15, -0.1) is 0 Å². The number of carbonyl (C=O) groups is 3. The topological polar surface area (TPSA) is 95.9 Å². The molecule has 0 saturated heterocycles. The monoisotopic (exact) mass is 408 g/mol. The number of benzene rings is 2. The van der Waals surface area contributed by atoms with Crippen LogP contribution in [0.4, 0.5) is 0 Å². The van der Waals surface area contributed by atoms with Crippen molar-refractivity contribution in [3.8, 4) is 5.75 Å².